The van der Waals surface area contributed by atoms with Crippen molar-refractivity contribution in [2.24, 2.45) is 10.9 Å². The Kier molecular flexibility index (Phi) is 9.41. The Hall–Kier alpha value is -2.02. The summed E-state index contributed by atoms with van der Waals surface area (Å²) in [6, 6.07) is 5.69. The molecule has 0 amide bonds. The van der Waals surface area contributed by atoms with Crippen molar-refractivity contribution in [2.45, 2.75) is 39.0 Å². The van der Waals surface area contributed by atoms with E-state index in [1.165, 1.54) is 12.5 Å². The number of sulfonamides is 1. The first-order valence-corrected chi connectivity index (χ1v) is 12.6. The number of halogens is 1. The van der Waals surface area contributed by atoms with E-state index in [0.29, 0.717) is 30.1 Å². The molecule has 1 heterocycles. The van der Waals surface area contributed by atoms with Crippen LogP contribution in [0.25, 0.3) is 6.08 Å². The molecule has 0 N–H and O–H groups in total. The van der Waals surface area contributed by atoms with Crippen LogP contribution in [-0.4, -0.2) is 44.1 Å². The Morgan fingerprint density at radius 2 is 2.06 bits per heavy atom. The van der Waals surface area contributed by atoms with Gasteiger partial charge in [0, 0.05) is 35.9 Å². The Morgan fingerprint density at radius 1 is 1.32 bits per heavy atom. The molecule has 0 radical (unpaired) electrons. The van der Waals surface area contributed by atoms with Crippen LogP contribution in [0.1, 0.15) is 50.2 Å². The van der Waals surface area contributed by atoms with Crippen LogP contribution in [-0.2, 0) is 14.8 Å². The normalized spacial score (nSPS) is 20.5. The molecule has 2 atom stereocenters. The van der Waals surface area contributed by atoms with Gasteiger partial charge < -0.3 is 0 Å². The molecular formula is C24H31ClN2O3S. The third-order valence-corrected chi connectivity index (χ3v) is 7.06. The van der Waals surface area contributed by atoms with Crippen LogP contribution < -0.4 is 0 Å². The zero-order chi connectivity index (χ0) is 23.0. The molecule has 1 aromatic carbocycles. The molecule has 1 saturated heterocycles. The van der Waals surface area contributed by atoms with Crippen molar-refractivity contribution >= 4 is 39.7 Å². The van der Waals surface area contributed by atoms with E-state index in [-0.39, 0.29) is 11.8 Å². The van der Waals surface area contributed by atoms with Gasteiger partial charge in [0.05, 0.1) is 6.26 Å². The van der Waals surface area contributed by atoms with Gasteiger partial charge in [-0.25, -0.2) is 12.7 Å². The molecule has 1 aliphatic rings. The Morgan fingerprint density at radius 3 is 2.68 bits per heavy atom. The molecule has 2 unspecified atom stereocenters. The van der Waals surface area contributed by atoms with Crippen LogP contribution in [0.15, 0.2) is 53.7 Å². The summed E-state index contributed by atoms with van der Waals surface area (Å²) >= 11 is 6.28. The molecule has 5 nitrogen and oxygen atoms in total. The van der Waals surface area contributed by atoms with Crippen molar-refractivity contribution in [1.29, 1.82) is 0 Å². The van der Waals surface area contributed by atoms with E-state index in [1.54, 1.807) is 11.2 Å². The molecule has 0 aliphatic carbocycles. The summed E-state index contributed by atoms with van der Waals surface area (Å²) in [5.74, 6) is 0.0863. The fraction of sp³-hybridized carbons (Fsp3) is 0.417. The largest absolute Gasteiger partial charge is 0.298 e. The zero-order valence-corrected chi connectivity index (χ0v) is 20.0. The maximum atomic E-state index is 12.1. The molecule has 1 aliphatic heterocycles. The maximum absolute atomic E-state index is 12.1. The summed E-state index contributed by atoms with van der Waals surface area (Å²) in [4.78, 5) is 15.8. The number of hydrogen-bond donors (Lipinski definition) is 0. The zero-order valence-electron chi connectivity index (χ0n) is 18.4. The second-order valence-corrected chi connectivity index (χ2v) is 10.3. The molecule has 1 fully saturated rings. The molecule has 168 valence electrons. The molecule has 0 saturated carbocycles. The summed E-state index contributed by atoms with van der Waals surface area (Å²) in [6.07, 6.45) is 11.7. The fourth-order valence-electron chi connectivity index (χ4n) is 4.15. The SMILES string of the molecule is C=CN=C(/C=C\C)C(c1ccc(Cl)cc1/C=C(\C)C=O)C1CCCN(S(C)(=O)=O)CC1. The van der Waals surface area contributed by atoms with Crippen molar-refractivity contribution in [3.63, 3.8) is 0 Å². The second kappa shape index (κ2) is 11.6. The summed E-state index contributed by atoms with van der Waals surface area (Å²) in [5, 5.41) is 0.588. The van der Waals surface area contributed by atoms with Crippen molar-refractivity contribution in [2.75, 3.05) is 19.3 Å². The van der Waals surface area contributed by atoms with Gasteiger partial charge in [-0.3, -0.25) is 9.79 Å². The standard InChI is InChI=1S/C24H31ClN2O3S/c1-5-8-23(26-6-2)24(19-9-7-13-27(14-12-19)31(4,29)30)22-11-10-21(25)16-20(22)15-18(3)17-28/h5-6,8,10-11,15-17,19,24H,2,7,9,12-14H2,1,3-4H3/b8-5-,18-15+,26-23?. The number of carbonyl (C=O) groups is 1. The first-order valence-electron chi connectivity index (χ1n) is 10.4. The Balaban J connectivity index is 2.62. The number of carbonyl (C=O) groups excluding carboxylic acids is 1. The van der Waals surface area contributed by atoms with Gasteiger partial charge in [-0.15, -0.1) is 0 Å². The van der Waals surface area contributed by atoms with E-state index in [4.69, 9.17) is 11.6 Å². The van der Waals surface area contributed by atoms with Gasteiger partial charge in [-0.1, -0.05) is 30.3 Å². The van der Waals surface area contributed by atoms with Gasteiger partial charge in [0.25, 0.3) is 0 Å². The number of benzene rings is 1. The quantitative estimate of drug-likeness (QED) is 0.301. The van der Waals surface area contributed by atoms with E-state index in [1.807, 2.05) is 43.4 Å². The lowest BCUT2D eigenvalue weighted by molar-refractivity contribution is -0.104. The van der Waals surface area contributed by atoms with Crippen LogP contribution in [0.4, 0.5) is 0 Å². The number of aldehydes is 1. The first kappa shape index (κ1) is 25.2. The van der Waals surface area contributed by atoms with E-state index in [9.17, 15) is 13.2 Å². The van der Waals surface area contributed by atoms with Gasteiger partial charge in [0.15, 0.2) is 0 Å². The molecule has 2 rings (SSSR count). The molecule has 7 heteroatoms. The number of rotatable bonds is 8. The van der Waals surface area contributed by atoms with Gasteiger partial charge >= 0.3 is 0 Å². The lowest BCUT2D eigenvalue weighted by atomic mass is 9.76. The fourth-order valence-corrected chi connectivity index (χ4v) is 5.23. The summed E-state index contributed by atoms with van der Waals surface area (Å²) < 4.78 is 25.7. The summed E-state index contributed by atoms with van der Waals surface area (Å²) in [7, 11) is -3.23. The van der Waals surface area contributed by atoms with Gasteiger partial charge in [-0.05, 0) is 80.0 Å². The lowest BCUT2D eigenvalue weighted by Gasteiger charge is -2.28. The minimum absolute atomic E-state index is 0.0864. The summed E-state index contributed by atoms with van der Waals surface area (Å²) in [5.41, 5.74) is 3.34. The molecule has 0 aromatic heterocycles. The third-order valence-electron chi connectivity index (χ3n) is 5.52. The highest BCUT2D eigenvalue weighted by Gasteiger charge is 2.32. The van der Waals surface area contributed by atoms with E-state index < -0.39 is 10.0 Å². The molecule has 1 aromatic rings. The average Bonchev–Trinajstić information content (AvgIpc) is 2.96. The minimum atomic E-state index is -3.23. The smallest absolute Gasteiger partial charge is 0.211 e. The highest BCUT2D eigenvalue weighted by Crippen LogP contribution is 2.38. The monoisotopic (exact) mass is 462 g/mol. The molecular weight excluding hydrogens is 432 g/mol. The number of hydrogen-bond acceptors (Lipinski definition) is 4. The number of aliphatic imine (C=N–C) groups is 1. The average molecular weight is 463 g/mol. The maximum Gasteiger partial charge on any atom is 0.211 e. The van der Waals surface area contributed by atoms with Crippen LogP contribution in [0.5, 0.6) is 0 Å². The van der Waals surface area contributed by atoms with Crippen LogP contribution in [0, 0.1) is 5.92 Å². The summed E-state index contributed by atoms with van der Waals surface area (Å²) in [6.45, 7) is 8.47. The first-order chi connectivity index (χ1) is 14.7. The van der Waals surface area contributed by atoms with Crippen molar-refractivity contribution < 1.29 is 13.2 Å². The van der Waals surface area contributed by atoms with Crippen molar-refractivity contribution in [3.8, 4) is 0 Å². The Labute approximate surface area is 191 Å². The van der Waals surface area contributed by atoms with Crippen LogP contribution >= 0.6 is 11.6 Å². The predicted octanol–water partition coefficient (Wildman–Crippen LogP) is 5.25. The molecule has 0 bridgehead atoms. The molecule has 0 spiro atoms. The van der Waals surface area contributed by atoms with E-state index >= 15 is 0 Å². The van der Waals surface area contributed by atoms with Gasteiger partial charge in [0.1, 0.15) is 6.29 Å². The topological polar surface area (TPSA) is 66.8 Å². The predicted molar refractivity (Wildman–Crippen MR) is 130 cm³/mol. The van der Waals surface area contributed by atoms with Crippen molar-refractivity contribution in [3.05, 3.63) is 64.9 Å². The molecule has 31 heavy (non-hydrogen) atoms. The van der Waals surface area contributed by atoms with E-state index in [0.717, 1.165) is 36.0 Å². The van der Waals surface area contributed by atoms with Gasteiger partial charge in [0.2, 0.25) is 10.0 Å². The van der Waals surface area contributed by atoms with Crippen molar-refractivity contribution in [1.82, 2.24) is 4.31 Å². The van der Waals surface area contributed by atoms with Gasteiger partial charge in [-0.2, -0.15) is 0 Å². The van der Waals surface area contributed by atoms with E-state index in [2.05, 4.69) is 11.6 Å². The van der Waals surface area contributed by atoms with Crippen LogP contribution in [0.3, 0.4) is 0 Å². The minimum Gasteiger partial charge on any atom is -0.298 e. The lowest BCUT2D eigenvalue weighted by Crippen LogP contribution is -2.31. The number of nitrogens with zero attached hydrogens (tertiary/aromatic N) is 2. The van der Waals surface area contributed by atoms with Crippen LogP contribution in [0.2, 0.25) is 5.02 Å². The highest BCUT2D eigenvalue weighted by atomic mass is 35.5. The second-order valence-electron chi connectivity index (χ2n) is 7.85. The highest BCUT2D eigenvalue weighted by molar-refractivity contribution is 7.88. The number of allylic oxidation sites excluding steroid dienone is 3. The third kappa shape index (κ3) is 6.99. The Bertz CT molecular complexity index is 996.